The van der Waals surface area contributed by atoms with Crippen molar-refractivity contribution in [3.8, 4) is 0 Å². The van der Waals surface area contributed by atoms with E-state index < -0.39 is 11.6 Å². The molecule has 0 aromatic carbocycles. The summed E-state index contributed by atoms with van der Waals surface area (Å²) in [5, 5.41) is 19.6. The van der Waals surface area contributed by atoms with Crippen LogP contribution in [0.2, 0.25) is 0 Å². The van der Waals surface area contributed by atoms with Crippen molar-refractivity contribution in [2.75, 3.05) is 18.0 Å². The normalized spacial score (nSPS) is 23.2. The van der Waals surface area contributed by atoms with E-state index in [0.29, 0.717) is 36.4 Å². The van der Waals surface area contributed by atoms with Crippen LogP contribution in [0.5, 0.6) is 0 Å². The van der Waals surface area contributed by atoms with Crippen molar-refractivity contribution < 1.29 is 15.0 Å². The van der Waals surface area contributed by atoms with Crippen LogP contribution in [0.3, 0.4) is 0 Å². The molecule has 1 fully saturated rings. The molecule has 3 rings (SSSR count). The van der Waals surface area contributed by atoms with E-state index in [9.17, 15) is 15.0 Å². The lowest BCUT2D eigenvalue weighted by Crippen LogP contribution is -2.47. The number of anilines is 1. The number of nitrogens with zero attached hydrogens (tertiary/aromatic N) is 3. The summed E-state index contributed by atoms with van der Waals surface area (Å²) < 4.78 is 0. The SMILES string of the molecule is C[C@]1(O)CCCN(c2ncc3[nH]cnc3c2C(=O)O)C1. The zero-order valence-electron chi connectivity index (χ0n) is 11.1. The average Bonchev–Trinajstić information content (AvgIpc) is 2.83. The number of piperidine rings is 1. The Balaban J connectivity index is 2.11. The molecule has 7 heteroatoms. The van der Waals surface area contributed by atoms with Gasteiger partial charge in [-0.05, 0) is 19.8 Å². The Hall–Kier alpha value is -2.15. The Labute approximate surface area is 115 Å². The molecular formula is C13H16N4O3. The molecule has 1 atom stereocenters. The number of carbonyl (C=O) groups is 1. The van der Waals surface area contributed by atoms with Gasteiger partial charge in [-0.3, -0.25) is 0 Å². The second kappa shape index (κ2) is 4.45. The molecule has 3 heterocycles. The van der Waals surface area contributed by atoms with Crippen LogP contribution >= 0.6 is 0 Å². The number of hydrogen-bond donors (Lipinski definition) is 3. The van der Waals surface area contributed by atoms with Crippen molar-refractivity contribution in [2.24, 2.45) is 0 Å². The van der Waals surface area contributed by atoms with Crippen LogP contribution in [0, 0.1) is 0 Å². The minimum absolute atomic E-state index is 0.0847. The topological polar surface area (TPSA) is 102 Å². The fourth-order valence-electron chi connectivity index (χ4n) is 2.74. The van der Waals surface area contributed by atoms with Gasteiger partial charge in [0, 0.05) is 13.1 Å². The van der Waals surface area contributed by atoms with Crippen LogP contribution in [0.1, 0.15) is 30.1 Å². The number of rotatable bonds is 2. The van der Waals surface area contributed by atoms with Crippen LogP contribution in [-0.4, -0.2) is 49.8 Å². The number of aromatic nitrogens is 3. The van der Waals surface area contributed by atoms with Gasteiger partial charge in [-0.25, -0.2) is 14.8 Å². The number of aromatic carboxylic acids is 1. The van der Waals surface area contributed by atoms with Gasteiger partial charge in [0.15, 0.2) is 0 Å². The maximum atomic E-state index is 11.6. The van der Waals surface area contributed by atoms with Crippen LogP contribution in [-0.2, 0) is 0 Å². The number of fused-ring (bicyclic) bond motifs is 1. The maximum absolute atomic E-state index is 11.6. The molecule has 2 aromatic rings. The highest BCUT2D eigenvalue weighted by Gasteiger charge is 2.32. The van der Waals surface area contributed by atoms with E-state index >= 15 is 0 Å². The van der Waals surface area contributed by atoms with E-state index in [-0.39, 0.29) is 5.56 Å². The molecule has 0 radical (unpaired) electrons. The highest BCUT2D eigenvalue weighted by Crippen LogP contribution is 2.29. The molecule has 0 bridgehead atoms. The van der Waals surface area contributed by atoms with Gasteiger partial charge in [0.1, 0.15) is 16.9 Å². The van der Waals surface area contributed by atoms with Gasteiger partial charge in [0.05, 0.1) is 23.6 Å². The smallest absolute Gasteiger partial charge is 0.341 e. The fraction of sp³-hybridized carbons (Fsp3) is 0.462. The van der Waals surface area contributed by atoms with E-state index in [0.717, 1.165) is 6.42 Å². The number of aliphatic hydroxyl groups is 1. The molecule has 0 amide bonds. The Bertz CT molecular complexity index is 665. The Kier molecular flexibility index (Phi) is 2.86. The molecule has 0 saturated carbocycles. The van der Waals surface area contributed by atoms with Crippen molar-refractivity contribution in [1.82, 2.24) is 15.0 Å². The summed E-state index contributed by atoms with van der Waals surface area (Å²) in [6.07, 6.45) is 4.53. The number of β-amino-alcohol motifs (C(OH)–C–C–N with tert-alkyl or cyclic N) is 1. The van der Waals surface area contributed by atoms with Gasteiger partial charge in [0.2, 0.25) is 0 Å². The summed E-state index contributed by atoms with van der Waals surface area (Å²) in [5.74, 6) is -0.688. The zero-order chi connectivity index (χ0) is 14.3. The van der Waals surface area contributed by atoms with E-state index in [4.69, 9.17) is 0 Å². The van der Waals surface area contributed by atoms with Gasteiger partial charge in [-0.15, -0.1) is 0 Å². The first-order valence-electron chi connectivity index (χ1n) is 6.51. The monoisotopic (exact) mass is 276 g/mol. The number of nitrogens with one attached hydrogen (secondary N) is 1. The van der Waals surface area contributed by atoms with E-state index in [2.05, 4.69) is 15.0 Å². The standard InChI is InChI=1S/C13H16N4O3/c1-13(20)3-2-4-17(6-13)11-9(12(18)19)10-8(5-14-11)15-7-16-10/h5,7,20H,2-4,6H2,1H3,(H,15,16)(H,18,19)/t13-/m0/s1. The maximum Gasteiger partial charge on any atom is 0.341 e. The van der Waals surface area contributed by atoms with Crippen LogP contribution in [0.25, 0.3) is 11.0 Å². The first-order valence-corrected chi connectivity index (χ1v) is 6.51. The van der Waals surface area contributed by atoms with Gasteiger partial charge in [-0.2, -0.15) is 0 Å². The van der Waals surface area contributed by atoms with Crippen LogP contribution in [0.15, 0.2) is 12.5 Å². The van der Waals surface area contributed by atoms with Crippen molar-refractivity contribution in [3.05, 3.63) is 18.1 Å². The highest BCUT2D eigenvalue weighted by atomic mass is 16.4. The molecule has 1 aliphatic heterocycles. The predicted octanol–water partition coefficient (Wildman–Crippen LogP) is 1.01. The molecule has 106 valence electrons. The second-order valence-electron chi connectivity index (χ2n) is 5.45. The third-order valence-corrected chi connectivity index (χ3v) is 3.63. The summed E-state index contributed by atoms with van der Waals surface area (Å²) in [7, 11) is 0. The summed E-state index contributed by atoms with van der Waals surface area (Å²) >= 11 is 0. The highest BCUT2D eigenvalue weighted by molar-refractivity contribution is 6.05. The van der Waals surface area contributed by atoms with Gasteiger partial charge in [-0.1, -0.05) is 0 Å². The molecule has 0 unspecified atom stereocenters. The van der Waals surface area contributed by atoms with Crippen LogP contribution < -0.4 is 4.90 Å². The molecule has 2 aromatic heterocycles. The largest absolute Gasteiger partial charge is 0.477 e. The third kappa shape index (κ3) is 2.09. The molecule has 7 nitrogen and oxygen atoms in total. The Morgan fingerprint density at radius 3 is 3.00 bits per heavy atom. The van der Waals surface area contributed by atoms with E-state index in [1.165, 1.54) is 6.33 Å². The molecule has 20 heavy (non-hydrogen) atoms. The first kappa shape index (κ1) is 12.9. The first-order chi connectivity index (χ1) is 9.48. The number of H-pyrrole nitrogens is 1. The zero-order valence-corrected chi connectivity index (χ0v) is 11.1. The summed E-state index contributed by atoms with van der Waals surface area (Å²) in [6, 6.07) is 0. The molecule has 0 aliphatic carbocycles. The molecule has 3 N–H and O–H groups in total. The number of pyridine rings is 1. The van der Waals surface area contributed by atoms with Gasteiger partial charge < -0.3 is 20.1 Å². The van der Waals surface area contributed by atoms with Gasteiger partial charge >= 0.3 is 5.97 Å². The fourth-order valence-corrected chi connectivity index (χ4v) is 2.74. The average molecular weight is 276 g/mol. The molecule has 1 aliphatic rings. The lowest BCUT2D eigenvalue weighted by Gasteiger charge is -2.37. The lowest BCUT2D eigenvalue weighted by molar-refractivity contribution is 0.0444. The number of hydrogen-bond acceptors (Lipinski definition) is 5. The van der Waals surface area contributed by atoms with Crippen molar-refractivity contribution in [3.63, 3.8) is 0 Å². The summed E-state index contributed by atoms with van der Waals surface area (Å²) in [6.45, 7) is 2.81. The van der Waals surface area contributed by atoms with Crippen LogP contribution in [0.4, 0.5) is 5.82 Å². The lowest BCUT2D eigenvalue weighted by atomic mass is 9.95. The summed E-state index contributed by atoms with van der Waals surface area (Å²) in [4.78, 5) is 24.6. The summed E-state index contributed by atoms with van der Waals surface area (Å²) in [5.41, 5.74) is 0.250. The molecule has 0 spiro atoms. The second-order valence-corrected chi connectivity index (χ2v) is 5.45. The molecule has 1 saturated heterocycles. The van der Waals surface area contributed by atoms with Gasteiger partial charge in [0.25, 0.3) is 0 Å². The Morgan fingerprint density at radius 2 is 2.30 bits per heavy atom. The van der Waals surface area contributed by atoms with Crippen molar-refractivity contribution >= 4 is 22.8 Å². The number of imidazole rings is 1. The third-order valence-electron chi connectivity index (χ3n) is 3.63. The number of aromatic amines is 1. The predicted molar refractivity (Wildman–Crippen MR) is 72.9 cm³/mol. The number of carboxylic acids is 1. The minimum atomic E-state index is -1.06. The molecular weight excluding hydrogens is 260 g/mol. The quantitative estimate of drug-likeness (QED) is 0.756. The number of carboxylic acid groups (broad SMARTS) is 1. The Morgan fingerprint density at radius 1 is 1.50 bits per heavy atom. The van der Waals surface area contributed by atoms with Crippen molar-refractivity contribution in [1.29, 1.82) is 0 Å². The van der Waals surface area contributed by atoms with E-state index in [1.807, 2.05) is 4.90 Å². The minimum Gasteiger partial charge on any atom is -0.477 e. The van der Waals surface area contributed by atoms with E-state index in [1.54, 1.807) is 13.1 Å². The van der Waals surface area contributed by atoms with Crippen molar-refractivity contribution in [2.45, 2.75) is 25.4 Å².